The van der Waals surface area contributed by atoms with E-state index >= 15 is 0 Å². The average Bonchev–Trinajstić information content (AvgIpc) is 3.33. The molecule has 1 fully saturated rings. The van der Waals surface area contributed by atoms with Crippen LogP contribution in [0, 0.1) is 24.4 Å². The molecule has 5 rings (SSSR count). The number of para-hydroxylation sites is 1. The largest absolute Gasteiger partial charge is 0.385 e. The Kier molecular flexibility index (Phi) is 8.82. The maximum absolute atomic E-state index is 14.7. The molecule has 9 heteroatoms. The summed E-state index contributed by atoms with van der Waals surface area (Å²) in [6.07, 6.45) is 0.905. The lowest BCUT2D eigenvalue weighted by Gasteiger charge is -2.46. The van der Waals surface area contributed by atoms with Crippen molar-refractivity contribution in [3.05, 3.63) is 88.7 Å². The van der Waals surface area contributed by atoms with Crippen LogP contribution >= 0.6 is 0 Å². The number of aryl methyl sites for hydroxylation is 1. The van der Waals surface area contributed by atoms with Crippen molar-refractivity contribution in [1.82, 2.24) is 10.2 Å². The zero-order valence-electron chi connectivity index (χ0n) is 22.5. The molecule has 0 spiro atoms. The first-order valence-corrected chi connectivity index (χ1v) is 13.3. The van der Waals surface area contributed by atoms with Crippen molar-refractivity contribution in [1.29, 1.82) is 0 Å². The Bertz CT molecular complexity index is 1330. The molecule has 1 atom stereocenters. The number of nitrogens with one attached hydrogen (secondary N) is 3. The van der Waals surface area contributed by atoms with E-state index in [0.29, 0.717) is 24.6 Å². The number of hydrogen-bond donors (Lipinski definition) is 4. The summed E-state index contributed by atoms with van der Waals surface area (Å²) in [7, 11) is 0. The van der Waals surface area contributed by atoms with Gasteiger partial charge in [0, 0.05) is 24.7 Å². The Morgan fingerprint density at radius 3 is 2.56 bits per heavy atom. The second-order valence-corrected chi connectivity index (χ2v) is 9.91. The zero-order valence-corrected chi connectivity index (χ0v) is 22.5. The number of nitrogens with zero attached hydrogens (tertiary/aromatic N) is 1. The average molecular weight is 541 g/mol. The highest BCUT2D eigenvalue weighted by Crippen LogP contribution is 2.34. The first-order valence-electron chi connectivity index (χ1n) is 13.3. The monoisotopic (exact) mass is 540 g/mol. The minimum Gasteiger partial charge on any atom is -0.385 e. The smallest absolute Gasteiger partial charge is 0.256 e. The number of hydrogen-bond acceptors (Lipinski definition) is 5. The molecule has 3 aromatic rings. The fourth-order valence-electron chi connectivity index (χ4n) is 5.01. The van der Waals surface area contributed by atoms with Gasteiger partial charge in [-0.1, -0.05) is 38.1 Å². The number of halogens is 3. The Morgan fingerprint density at radius 2 is 1.82 bits per heavy atom. The Hall–Kier alpha value is -3.56. The van der Waals surface area contributed by atoms with E-state index in [0.717, 1.165) is 30.8 Å². The van der Waals surface area contributed by atoms with E-state index in [2.05, 4.69) is 28.1 Å². The summed E-state index contributed by atoms with van der Waals surface area (Å²) in [4.78, 5) is 14.5. The predicted molar refractivity (Wildman–Crippen MR) is 148 cm³/mol. The topological polar surface area (TPSA) is 76.6 Å². The van der Waals surface area contributed by atoms with Gasteiger partial charge in [-0.15, -0.1) is 0 Å². The van der Waals surface area contributed by atoms with Gasteiger partial charge in [-0.3, -0.25) is 4.79 Å². The second kappa shape index (κ2) is 12.1. The predicted octanol–water partition coefficient (Wildman–Crippen LogP) is 5.56. The van der Waals surface area contributed by atoms with Crippen molar-refractivity contribution in [2.24, 2.45) is 0 Å². The van der Waals surface area contributed by atoms with E-state index in [9.17, 15) is 23.1 Å². The van der Waals surface area contributed by atoms with Gasteiger partial charge in [0.05, 0.1) is 30.0 Å². The van der Waals surface area contributed by atoms with Gasteiger partial charge in [-0.05, 0) is 61.3 Å². The van der Waals surface area contributed by atoms with E-state index in [1.807, 2.05) is 26.0 Å². The van der Waals surface area contributed by atoms with E-state index in [1.165, 1.54) is 22.6 Å². The molecule has 1 saturated heterocycles. The molecule has 0 radical (unpaired) electrons. The normalized spacial score (nSPS) is 16.9. The molecule has 2 heterocycles. The van der Waals surface area contributed by atoms with Crippen molar-refractivity contribution in [2.75, 3.05) is 43.4 Å². The van der Waals surface area contributed by atoms with Crippen LogP contribution < -0.4 is 16.0 Å². The second-order valence-electron chi connectivity index (χ2n) is 9.91. The van der Waals surface area contributed by atoms with Crippen LogP contribution in [-0.4, -0.2) is 54.2 Å². The Labute approximate surface area is 227 Å². The minimum absolute atomic E-state index is 0.0456. The summed E-state index contributed by atoms with van der Waals surface area (Å²) in [6, 6.07) is 14.5. The van der Waals surface area contributed by atoms with Gasteiger partial charge in [0.2, 0.25) is 0 Å². The molecule has 1 amide bonds. The van der Waals surface area contributed by atoms with Crippen LogP contribution in [-0.2, 0) is 0 Å². The van der Waals surface area contributed by atoms with Gasteiger partial charge in [-0.2, -0.15) is 0 Å². The highest BCUT2D eigenvalue weighted by Gasteiger charge is 2.44. The minimum atomic E-state index is -1.27. The van der Waals surface area contributed by atoms with Gasteiger partial charge < -0.3 is 26.0 Å². The number of benzene rings is 3. The maximum atomic E-state index is 14.7. The van der Waals surface area contributed by atoms with Crippen LogP contribution in [0.15, 0.2) is 54.6 Å². The maximum Gasteiger partial charge on any atom is 0.256 e. The number of likely N-dealkylation sites (tertiary alicyclic amines) is 1. The third kappa shape index (κ3) is 6.20. The molecule has 0 aromatic heterocycles. The SMILES string of the molecule is CC.Cc1ccc(Nc2c(C(=O)N3CC(O)(CNCCC4CNc5ccccc54)C3)ccc(F)c2F)c(F)c1. The van der Waals surface area contributed by atoms with E-state index in [4.69, 9.17) is 0 Å². The molecule has 4 N–H and O–H groups in total. The molecule has 0 aliphatic carbocycles. The summed E-state index contributed by atoms with van der Waals surface area (Å²) >= 11 is 0. The quantitative estimate of drug-likeness (QED) is 0.282. The molecule has 2 aliphatic heterocycles. The number of carbonyl (C=O) groups excluding carboxylic acids is 1. The van der Waals surface area contributed by atoms with Crippen molar-refractivity contribution in [2.45, 2.75) is 38.7 Å². The number of anilines is 3. The fraction of sp³-hybridized carbons (Fsp3) is 0.367. The van der Waals surface area contributed by atoms with Crippen molar-refractivity contribution >= 4 is 23.0 Å². The molecule has 0 bridgehead atoms. The highest BCUT2D eigenvalue weighted by molar-refractivity contribution is 6.01. The number of aliphatic hydroxyl groups is 1. The molecule has 208 valence electrons. The third-order valence-corrected chi connectivity index (χ3v) is 7.03. The molecule has 39 heavy (non-hydrogen) atoms. The lowest BCUT2D eigenvalue weighted by atomic mass is 9.92. The highest BCUT2D eigenvalue weighted by atomic mass is 19.2. The number of rotatable bonds is 8. The lowest BCUT2D eigenvalue weighted by Crippen LogP contribution is -2.67. The van der Waals surface area contributed by atoms with Crippen LogP contribution in [0.2, 0.25) is 0 Å². The van der Waals surface area contributed by atoms with Gasteiger partial charge in [0.25, 0.3) is 5.91 Å². The van der Waals surface area contributed by atoms with Crippen molar-refractivity contribution in [3.63, 3.8) is 0 Å². The van der Waals surface area contributed by atoms with E-state index in [1.54, 1.807) is 13.0 Å². The number of amides is 1. The molecule has 3 aromatic carbocycles. The lowest BCUT2D eigenvalue weighted by molar-refractivity contribution is -0.0784. The first-order chi connectivity index (χ1) is 18.7. The van der Waals surface area contributed by atoms with Gasteiger partial charge in [0.1, 0.15) is 11.4 Å². The zero-order chi connectivity index (χ0) is 28.2. The molecule has 6 nitrogen and oxygen atoms in total. The standard InChI is InChI=1S/C28H29F3N4O2.C2H6/c1-17-6-9-24(22(30)12-17)34-26-20(7-8-21(29)25(26)31)27(36)35-15-28(37,16-35)14-32-11-10-18-13-33-23-5-3-2-4-19(18)23;1-2/h2-9,12,18,32-34,37H,10-11,13-16H2,1H3;1-2H3. The summed E-state index contributed by atoms with van der Waals surface area (Å²) < 4.78 is 43.0. The van der Waals surface area contributed by atoms with Gasteiger partial charge in [0.15, 0.2) is 11.6 Å². The van der Waals surface area contributed by atoms with E-state index in [-0.39, 0.29) is 24.3 Å². The number of β-amino-alcohol motifs (C(OH)–C–C–N with tert-alkyl or cyclic N) is 1. The molecule has 1 unspecified atom stereocenters. The van der Waals surface area contributed by atoms with Crippen LogP contribution in [0.5, 0.6) is 0 Å². The third-order valence-electron chi connectivity index (χ3n) is 7.03. The van der Waals surface area contributed by atoms with Crippen LogP contribution in [0.1, 0.15) is 47.7 Å². The number of fused-ring (bicyclic) bond motifs is 1. The van der Waals surface area contributed by atoms with Gasteiger partial charge in [-0.25, -0.2) is 13.2 Å². The molecule has 0 saturated carbocycles. The Balaban J connectivity index is 0.00000172. The number of carbonyl (C=O) groups is 1. The summed E-state index contributed by atoms with van der Waals surface area (Å²) in [5.74, 6) is -3.26. The van der Waals surface area contributed by atoms with E-state index < -0.39 is 34.6 Å². The first kappa shape index (κ1) is 28.4. The van der Waals surface area contributed by atoms with Crippen LogP contribution in [0.4, 0.5) is 30.2 Å². The van der Waals surface area contributed by atoms with Crippen LogP contribution in [0.3, 0.4) is 0 Å². The summed E-state index contributed by atoms with van der Waals surface area (Å²) in [5.41, 5.74) is 1.36. The molecular formula is C30H35F3N4O2. The Morgan fingerprint density at radius 1 is 1.08 bits per heavy atom. The summed E-state index contributed by atoms with van der Waals surface area (Å²) in [5, 5.41) is 20.0. The fourth-order valence-corrected chi connectivity index (χ4v) is 5.01. The summed E-state index contributed by atoms with van der Waals surface area (Å²) in [6.45, 7) is 7.68. The van der Waals surface area contributed by atoms with Crippen molar-refractivity contribution < 1.29 is 23.1 Å². The molecule has 2 aliphatic rings. The molecular weight excluding hydrogens is 505 g/mol. The van der Waals surface area contributed by atoms with Crippen LogP contribution in [0.25, 0.3) is 0 Å². The van der Waals surface area contributed by atoms with Crippen molar-refractivity contribution in [3.8, 4) is 0 Å². The van der Waals surface area contributed by atoms with Gasteiger partial charge >= 0.3 is 0 Å².